The number of methoxy groups -OCH3 is 1. The molecule has 2 aliphatic carbocycles. The Balaban J connectivity index is 1.47. The minimum absolute atomic E-state index is 0.109. The van der Waals surface area contributed by atoms with Gasteiger partial charge in [0.1, 0.15) is 5.75 Å². The Morgan fingerprint density at radius 1 is 0.871 bits per heavy atom. The number of allylic oxidation sites excluding steroid dienone is 2. The molecule has 4 atom stereocenters. The van der Waals surface area contributed by atoms with Crippen molar-refractivity contribution in [3.05, 3.63) is 76.9 Å². The number of halogens is 2. The zero-order valence-corrected chi connectivity index (χ0v) is 18.3. The first-order chi connectivity index (χ1) is 15.1. The summed E-state index contributed by atoms with van der Waals surface area (Å²) in [7, 11) is 1.60. The second-order valence-corrected chi connectivity index (χ2v) is 8.94. The van der Waals surface area contributed by atoms with Crippen LogP contribution in [-0.4, -0.2) is 7.11 Å². The van der Waals surface area contributed by atoms with Crippen LogP contribution in [-0.2, 0) is 0 Å². The van der Waals surface area contributed by atoms with Gasteiger partial charge in [-0.1, -0.05) is 30.1 Å². The molecule has 2 fully saturated rings. The molecular weight excluding hydrogens is 390 g/mol. The van der Waals surface area contributed by atoms with Gasteiger partial charge in [0, 0.05) is 5.56 Å². The van der Waals surface area contributed by atoms with Gasteiger partial charge in [-0.3, -0.25) is 0 Å². The molecule has 0 N–H and O–H groups in total. The molecule has 2 saturated carbocycles. The zero-order chi connectivity index (χ0) is 21.8. The fraction of sp³-hybridized carbons (Fsp3) is 0.429. The number of ether oxygens (including phenoxy) is 1. The predicted octanol–water partition coefficient (Wildman–Crippen LogP) is 7.25. The van der Waals surface area contributed by atoms with Gasteiger partial charge in [-0.25, -0.2) is 8.78 Å². The molecule has 0 amide bonds. The highest BCUT2D eigenvalue weighted by molar-refractivity contribution is 5.46. The summed E-state index contributed by atoms with van der Waals surface area (Å²) in [5.74, 6) is 7.07. The second kappa shape index (κ2) is 9.69. The van der Waals surface area contributed by atoms with E-state index in [-0.39, 0.29) is 11.5 Å². The third-order valence-corrected chi connectivity index (χ3v) is 7.10. The van der Waals surface area contributed by atoms with Gasteiger partial charge in [0.05, 0.1) is 12.7 Å². The standard InChI is InChI=1S/C28H30F2O/c1-3-4-20-6-10-23-18-24(12-11-22(23)17-20)26-16-13-21(27(29)28(26)30)9-5-19-7-14-25(31-2)15-8-19/h3-4,7-8,13-16,20,22-24H,6,10-12,17-18H2,1-2H3/b4-3+. The lowest BCUT2D eigenvalue weighted by atomic mass is 9.64. The summed E-state index contributed by atoms with van der Waals surface area (Å²) in [5, 5.41) is 0. The first kappa shape index (κ1) is 21.6. The highest BCUT2D eigenvalue weighted by Gasteiger charge is 2.36. The van der Waals surface area contributed by atoms with Crippen molar-refractivity contribution in [2.75, 3.05) is 7.11 Å². The molecule has 162 valence electrons. The van der Waals surface area contributed by atoms with E-state index in [0.29, 0.717) is 17.4 Å². The highest BCUT2D eigenvalue weighted by Crippen LogP contribution is 2.48. The van der Waals surface area contributed by atoms with Gasteiger partial charge in [-0.2, -0.15) is 0 Å². The molecule has 2 aliphatic rings. The van der Waals surface area contributed by atoms with Crippen LogP contribution in [0.3, 0.4) is 0 Å². The monoisotopic (exact) mass is 420 g/mol. The molecular formula is C28H30F2O. The highest BCUT2D eigenvalue weighted by atomic mass is 19.2. The summed E-state index contributed by atoms with van der Waals surface area (Å²) in [5.41, 5.74) is 1.37. The normalized spacial score (nSPS) is 25.5. The van der Waals surface area contributed by atoms with Crippen LogP contribution in [0, 0.1) is 41.2 Å². The van der Waals surface area contributed by atoms with Crippen molar-refractivity contribution < 1.29 is 13.5 Å². The summed E-state index contributed by atoms with van der Waals surface area (Å²) in [4.78, 5) is 0. The smallest absolute Gasteiger partial charge is 0.174 e. The number of hydrogen-bond acceptors (Lipinski definition) is 1. The maximum Gasteiger partial charge on any atom is 0.174 e. The van der Waals surface area contributed by atoms with E-state index in [4.69, 9.17) is 4.74 Å². The van der Waals surface area contributed by atoms with Gasteiger partial charge in [-0.15, -0.1) is 0 Å². The van der Waals surface area contributed by atoms with Crippen LogP contribution in [0.4, 0.5) is 8.78 Å². The summed E-state index contributed by atoms with van der Waals surface area (Å²) in [6.07, 6.45) is 11.2. The first-order valence-corrected chi connectivity index (χ1v) is 11.4. The maximum atomic E-state index is 15.0. The van der Waals surface area contributed by atoms with Crippen LogP contribution in [0.25, 0.3) is 0 Å². The Hall–Kier alpha value is -2.60. The Morgan fingerprint density at radius 2 is 1.61 bits per heavy atom. The van der Waals surface area contributed by atoms with Crippen molar-refractivity contribution >= 4 is 0 Å². The van der Waals surface area contributed by atoms with Crippen molar-refractivity contribution in [2.45, 2.75) is 51.4 Å². The molecule has 3 heteroatoms. The Kier molecular flexibility index (Phi) is 6.76. The van der Waals surface area contributed by atoms with Crippen molar-refractivity contribution in [3.63, 3.8) is 0 Å². The van der Waals surface area contributed by atoms with Gasteiger partial charge in [-0.05, 0) is 105 Å². The number of benzene rings is 2. The lowest BCUT2D eigenvalue weighted by Crippen LogP contribution is -2.30. The average Bonchev–Trinajstić information content (AvgIpc) is 2.80. The fourth-order valence-electron chi connectivity index (χ4n) is 5.44. The minimum atomic E-state index is -0.822. The molecule has 31 heavy (non-hydrogen) atoms. The third kappa shape index (κ3) is 4.85. The summed E-state index contributed by atoms with van der Waals surface area (Å²) < 4.78 is 34.9. The van der Waals surface area contributed by atoms with Crippen molar-refractivity contribution in [3.8, 4) is 17.6 Å². The van der Waals surface area contributed by atoms with Crippen LogP contribution in [0.1, 0.15) is 68.1 Å². The van der Waals surface area contributed by atoms with Crippen LogP contribution in [0.15, 0.2) is 48.6 Å². The molecule has 0 saturated heterocycles. The van der Waals surface area contributed by atoms with E-state index in [1.807, 2.05) is 0 Å². The average molecular weight is 421 g/mol. The Labute approximate surface area is 184 Å². The number of fused-ring (bicyclic) bond motifs is 1. The maximum absolute atomic E-state index is 15.0. The van der Waals surface area contributed by atoms with Crippen LogP contribution < -0.4 is 4.74 Å². The molecule has 2 aromatic carbocycles. The van der Waals surface area contributed by atoms with Gasteiger partial charge in [0.2, 0.25) is 0 Å². The Bertz CT molecular complexity index is 996. The van der Waals surface area contributed by atoms with E-state index in [9.17, 15) is 8.78 Å². The van der Waals surface area contributed by atoms with Gasteiger partial charge in [0.25, 0.3) is 0 Å². The molecule has 0 aliphatic heterocycles. The topological polar surface area (TPSA) is 9.23 Å². The third-order valence-electron chi connectivity index (χ3n) is 7.10. The van der Waals surface area contributed by atoms with E-state index in [1.54, 1.807) is 43.5 Å². The molecule has 0 spiro atoms. The quantitative estimate of drug-likeness (QED) is 0.375. The van der Waals surface area contributed by atoms with Crippen molar-refractivity contribution in [1.82, 2.24) is 0 Å². The number of rotatable bonds is 3. The van der Waals surface area contributed by atoms with Crippen LogP contribution >= 0.6 is 0 Å². The predicted molar refractivity (Wildman–Crippen MR) is 121 cm³/mol. The molecule has 0 aromatic heterocycles. The van der Waals surface area contributed by atoms with Gasteiger partial charge < -0.3 is 4.74 Å². The van der Waals surface area contributed by atoms with Crippen LogP contribution in [0.2, 0.25) is 0 Å². The summed E-state index contributed by atoms with van der Waals surface area (Å²) >= 11 is 0. The van der Waals surface area contributed by atoms with Gasteiger partial charge >= 0.3 is 0 Å². The summed E-state index contributed by atoms with van der Waals surface area (Å²) in [6, 6.07) is 10.6. The van der Waals surface area contributed by atoms with Crippen LogP contribution in [0.5, 0.6) is 5.75 Å². The minimum Gasteiger partial charge on any atom is -0.497 e. The Morgan fingerprint density at radius 3 is 2.35 bits per heavy atom. The van der Waals surface area contributed by atoms with E-state index in [1.165, 1.54) is 19.3 Å². The molecule has 4 unspecified atom stereocenters. The molecule has 0 radical (unpaired) electrons. The largest absolute Gasteiger partial charge is 0.497 e. The van der Waals surface area contributed by atoms with E-state index in [2.05, 4.69) is 30.9 Å². The molecule has 0 bridgehead atoms. The lowest BCUT2D eigenvalue weighted by molar-refractivity contribution is 0.132. The van der Waals surface area contributed by atoms with Crippen molar-refractivity contribution in [1.29, 1.82) is 0 Å². The van der Waals surface area contributed by atoms with E-state index >= 15 is 0 Å². The van der Waals surface area contributed by atoms with Crippen molar-refractivity contribution in [2.24, 2.45) is 17.8 Å². The first-order valence-electron chi connectivity index (χ1n) is 11.4. The molecule has 0 heterocycles. The van der Waals surface area contributed by atoms with Gasteiger partial charge in [0.15, 0.2) is 11.6 Å². The molecule has 2 aromatic rings. The fourth-order valence-corrected chi connectivity index (χ4v) is 5.44. The lowest BCUT2D eigenvalue weighted by Gasteiger charge is -2.41. The molecule has 4 rings (SSSR count). The van der Waals surface area contributed by atoms with E-state index < -0.39 is 11.6 Å². The SMILES string of the molecule is C/C=C/C1CCC2CC(c3ccc(C#Cc4ccc(OC)cc4)c(F)c3F)CCC2C1. The second-order valence-electron chi connectivity index (χ2n) is 8.94. The van der Waals surface area contributed by atoms with E-state index in [0.717, 1.165) is 36.5 Å². The molecule has 1 nitrogen and oxygen atoms in total. The zero-order valence-electron chi connectivity index (χ0n) is 18.3. The summed E-state index contributed by atoms with van der Waals surface area (Å²) in [6.45, 7) is 2.09. The number of hydrogen-bond donors (Lipinski definition) is 0.